The summed E-state index contributed by atoms with van der Waals surface area (Å²) in [5, 5.41) is 12.1. The molecule has 0 radical (unpaired) electrons. The maximum Gasteiger partial charge on any atom is 0.307 e. The molecule has 5 nitrogen and oxygen atoms in total. The second-order valence-electron chi connectivity index (χ2n) is 5.66. The van der Waals surface area contributed by atoms with Crippen molar-refractivity contribution in [2.45, 2.75) is 44.8 Å². The number of aliphatic carboxylic acids is 1. The Bertz CT molecular complexity index is 338. The number of carbonyl (C=O) groups excluding carboxylic acids is 1. The summed E-state index contributed by atoms with van der Waals surface area (Å²) in [4.78, 5) is 23.2. The van der Waals surface area contributed by atoms with Gasteiger partial charge < -0.3 is 15.2 Å². The second kappa shape index (κ2) is 5.26. The Morgan fingerprint density at radius 2 is 1.78 bits per heavy atom. The molecule has 2 N–H and O–H groups in total. The largest absolute Gasteiger partial charge is 0.481 e. The molecule has 0 spiro atoms. The predicted octanol–water partition coefficient (Wildman–Crippen LogP) is 1.03. The summed E-state index contributed by atoms with van der Waals surface area (Å²) in [5.41, 5.74) is 0. The summed E-state index contributed by atoms with van der Waals surface area (Å²) in [6.07, 6.45) is 3.21. The molecule has 2 rings (SSSR count). The third kappa shape index (κ3) is 2.66. The molecule has 5 heteroatoms. The van der Waals surface area contributed by atoms with Crippen molar-refractivity contribution in [1.82, 2.24) is 5.32 Å². The third-order valence-electron chi connectivity index (χ3n) is 4.23. The molecule has 0 aliphatic heterocycles. The van der Waals surface area contributed by atoms with Gasteiger partial charge in [-0.1, -0.05) is 6.92 Å². The number of carboxylic acids is 1. The van der Waals surface area contributed by atoms with Crippen molar-refractivity contribution in [2.24, 2.45) is 17.8 Å². The number of nitrogens with one attached hydrogen (secondary N) is 1. The van der Waals surface area contributed by atoms with Crippen molar-refractivity contribution in [3.05, 3.63) is 0 Å². The first kappa shape index (κ1) is 13.3. The number of ether oxygens (including phenoxy) is 1. The van der Waals surface area contributed by atoms with Gasteiger partial charge in [0, 0.05) is 13.2 Å². The van der Waals surface area contributed by atoms with Crippen molar-refractivity contribution < 1.29 is 19.4 Å². The highest BCUT2D eigenvalue weighted by atomic mass is 16.5. The van der Waals surface area contributed by atoms with Gasteiger partial charge in [0.2, 0.25) is 5.91 Å². The molecule has 102 valence electrons. The van der Waals surface area contributed by atoms with Crippen molar-refractivity contribution in [3.63, 3.8) is 0 Å². The maximum absolute atomic E-state index is 12.1. The van der Waals surface area contributed by atoms with Crippen LogP contribution in [0.5, 0.6) is 0 Å². The predicted molar refractivity (Wildman–Crippen MR) is 65.0 cm³/mol. The van der Waals surface area contributed by atoms with E-state index in [0.717, 1.165) is 12.8 Å². The fourth-order valence-electron chi connectivity index (χ4n) is 3.04. The van der Waals surface area contributed by atoms with Gasteiger partial charge in [-0.15, -0.1) is 0 Å². The monoisotopic (exact) mass is 255 g/mol. The number of hydrogen-bond donors (Lipinski definition) is 2. The Balaban J connectivity index is 1.86. The molecule has 2 aliphatic rings. The molecule has 2 saturated carbocycles. The van der Waals surface area contributed by atoms with E-state index in [1.165, 1.54) is 0 Å². The van der Waals surface area contributed by atoms with Gasteiger partial charge in [0.25, 0.3) is 0 Å². The van der Waals surface area contributed by atoms with E-state index in [4.69, 9.17) is 9.84 Å². The number of rotatable bonds is 4. The Kier molecular flexibility index (Phi) is 3.90. The minimum atomic E-state index is -0.845. The fraction of sp³-hybridized carbons (Fsp3) is 0.846. The molecule has 3 atom stereocenters. The van der Waals surface area contributed by atoms with Gasteiger partial charge in [0.05, 0.1) is 17.9 Å². The summed E-state index contributed by atoms with van der Waals surface area (Å²) < 4.78 is 5.15. The lowest BCUT2D eigenvalue weighted by Gasteiger charge is -2.35. The van der Waals surface area contributed by atoms with Crippen LogP contribution in [0.1, 0.15) is 32.6 Å². The van der Waals surface area contributed by atoms with Gasteiger partial charge in [-0.2, -0.15) is 0 Å². The first-order valence-electron chi connectivity index (χ1n) is 6.57. The van der Waals surface area contributed by atoms with Crippen molar-refractivity contribution >= 4 is 11.9 Å². The lowest BCUT2D eigenvalue weighted by atomic mass is 9.87. The lowest BCUT2D eigenvalue weighted by Crippen LogP contribution is -2.50. The topological polar surface area (TPSA) is 75.6 Å². The molecular weight excluding hydrogens is 234 g/mol. The summed E-state index contributed by atoms with van der Waals surface area (Å²) in [6.45, 7) is 2.01. The van der Waals surface area contributed by atoms with E-state index in [0.29, 0.717) is 18.8 Å². The van der Waals surface area contributed by atoms with E-state index in [1.807, 2.05) is 6.92 Å². The molecule has 2 fully saturated rings. The normalized spacial score (nSPS) is 39.1. The van der Waals surface area contributed by atoms with E-state index in [9.17, 15) is 9.59 Å². The molecule has 0 saturated heterocycles. The van der Waals surface area contributed by atoms with Crippen LogP contribution >= 0.6 is 0 Å². The number of carbonyl (C=O) groups is 2. The van der Waals surface area contributed by atoms with Crippen molar-refractivity contribution in [3.8, 4) is 0 Å². The van der Waals surface area contributed by atoms with Crippen LogP contribution in [0.15, 0.2) is 0 Å². The second-order valence-corrected chi connectivity index (χ2v) is 5.66. The molecule has 3 unspecified atom stereocenters. The molecule has 0 aromatic heterocycles. The number of carboxylic acid groups (broad SMARTS) is 1. The van der Waals surface area contributed by atoms with Crippen molar-refractivity contribution in [1.29, 1.82) is 0 Å². The van der Waals surface area contributed by atoms with Crippen LogP contribution in [0, 0.1) is 17.8 Å². The SMILES string of the molecule is COC1CC(NC(=O)C2CC(C)CC2C(=O)O)C1. The summed E-state index contributed by atoms with van der Waals surface area (Å²) in [7, 11) is 1.67. The standard InChI is InChI=1S/C13H21NO4/c1-7-3-10(11(4-7)13(16)17)12(15)14-8-5-9(6-8)18-2/h7-11H,3-6H2,1-2H3,(H,14,15)(H,16,17). The molecule has 0 aromatic rings. The van der Waals surface area contributed by atoms with Crippen LogP contribution in [0.4, 0.5) is 0 Å². The van der Waals surface area contributed by atoms with Crippen molar-refractivity contribution in [2.75, 3.05) is 7.11 Å². The van der Waals surface area contributed by atoms with E-state index in [2.05, 4.69) is 5.32 Å². The minimum absolute atomic E-state index is 0.0914. The Morgan fingerprint density at radius 1 is 1.17 bits per heavy atom. The van der Waals surface area contributed by atoms with Crippen LogP contribution in [-0.2, 0) is 14.3 Å². The highest BCUT2D eigenvalue weighted by Crippen LogP contribution is 2.37. The number of hydrogen-bond acceptors (Lipinski definition) is 3. The summed E-state index contributed by atoms with van der Waals surface area (Å²) in [5.74, 6) is -1.50. The van der Waals surface area contributed by atoms with Crippen LogP contribution < -0.4 is 5.32 Å². The van der Waals surface area contributed by atoms with Crippen LogP contribution in [-0.4, -0.2) is 36.2 Å². The van der Waals surface area contributed by atoms with Gasteiger partial charge >= 0.3 is 5.97 Å². The molecule has 18 heavy (non-hydrogen) atoms. The smallest absolute Gasteiger partial charge is 0.307 e. The van der Waals surface area contributed by atoms with Gasteiger partial charge in [0.15, 0.2) is 0 Å². The molecule has 1 amide bonds. The van der Waals surface area contributed by atoms with E-state index < -0.39 is 11.9 Å². The van der Waals surface area contributed by atoms with Crippen LogP contribution in [0.2, 0.25) is 0 Å². The Morgan fingerprint density at radius 3 is 2.33 bits per heavy atom. The highest BCUT2D eigenvalue weighted by molar-refractivity contribution is 5.85. The molecule has 0 heterocycles. The average Bonchev–Trinajstić information content (AvgIpc) is 2.65. The molecule has 2 aliphatic carbocycles. The van der Waals surface area contributed by atoms with E-state index >= 15 is 0 Å². The average molecular weight is 255 g/mol. The highest BCUT2D eigenvalue weighted by Gasteiger charge is 2.42. The van der Waals surface area contributed by atoms with E-state index in [1.54, 1.807) is 7.11 Å². The fourth-order valence-corrected chi connectivity index (χ4v) is 3.04. The van der Waals surface area contributed by atoms with Gasteiger partial charge in [-0.05, 0) is 31.6 Å². The Hall–Kier alpha value is -1.10. The first-order chi connectivity index (χ1) is 8.51. The van der Waals surface area contributed by atoms with Crippen LogP contribution in [0.3, 0.4) is 0 Å². The molecule has 0 bridgehead atoms. The van der Waals surface area contributed by atoms with Gasteiger partial charge in [-0.3, -0.25) is 9.59 Å². The quantitative estimate of drug-likeness (QED) is 0.786. The number of amides is 1. The van der Waals surface area contributed by atoms with Gasteiger partial charge in [-0.25, -0.2) is 0 Å². The molecule has 0 aromatic carbocycles. The zero-order valence-corrected chi connectivity index (χ0v) is 10.9. The first-order valence-corrected chi connectivity index (χ1v) is 6.57. The lowest BCUT2D eigenvalue weighted by molar-refractivity contribution is -0.146. The zero-order chi connectivity index (χ0) is 13.3. The van der Waals surface area contributed by atoms with Gasteiger partial charge in [0.1, 0.15) is 0 Å². The zero-order valence-electron chi connectivity index (χ0n) is 10.9. The van der Waals surface area contributed by atoms with Crippen LogP contribution in [0.25, 0.3) is 0 Å². The third-order valence-corrected chi connectivity index (χ3v) is 4.23. The minimum Gasteiger partial charge on any atom is -0.481 e. The maximum atomic E-state index is 12.1. The Labute approximate surface area is 107 Å². The molecular formula is C13H21NO4. The summed E-state index contributed by atoms with van der Waals surface area (Å²) >= 11 is 0. The summed E-state index contributed by atoms with van der Waals surface area (Å²) in [6, 6.07) is 0.160. The number of methoxy groups -OCH3 is 1. The van der Waals surface area contributed by atoms with E-state index in [-0.39, 0.29) is 24.0 Å².